The van der Waals surface area contributed by atoms with E-state index in [1.807, 2.05) is 0 Å². The number of nitrogens with zero attached hydrogens (tertiary/aromatic N) is 2. The van der Waals surface area contributed by atoms with E-state index in [9.17, 15) is 9.59 Å². The second-order valence-corrected chi connectivity index (χ2v) is 4.83. The Morgan fingerprint density at radius 2 is 1.96 bits per heavy atom. The fraction of sp³-hybridized carbons (Fsp3) is 0.176. The molecule has 2 rings (SSSR count). The van der Waals surface area contributed by atoms with Crippen molar-refractivity contribution in [2.75, 3.05) is 31.4 Å². The van der Waals surface area contributed by atoms with E-state index in [2.05, 4.69) is 25.2 Å². The molecule has 0 spiro atoms. The maximum Gasteiger partial charge on any atom is 0.339 e. The molecule has 0 bridgehead atoms. The lowest BCUT2D eigenvalue weighted by molar-refractivity contribution is -0.114. The lowest BCUT2D eigenvalue weighted by Gasteiger charge is -2.12. The minimum absolute atomic E-state index is 0.181. The van der Waals surface area contributed by atoms with Crippen LogP contribution in [0.1, 0.15) is 10.4 Å². The highest BCUT2D eigenvalue weighted by Crippen LogP contribution is 2.26. The van der Waals surface area contributed by atoms with Gasteiger partial charge in [-0.1, -0.05) is 0 Å². The number of hydrogen-bond donors (Lipinski definition) is 2. The lowest BCUT2D eigenvalue weighted by atomic mass is 10.2. The highest BCUT2D eigenvalue weighted by Gasteiger charge is 2.15. The Bertz CT molecular complexity index is 812. The molecule has 25 heavy (non-hydrogen) atoms. The number of benzene rings is 1. The number of esters is 1. The topological polar surface area (TPSA) is 93.9 Å². The average Bonchev–Trinajstić information content (AvgIpc) is 2.63. The summed E-state index contributed by atoms with van der Waals surface area (Å²) < 4.78 is 9.75. The van der Waals surface area contributed by atoms with E-state index in [1.165, 1.54) is 19.4 Å². The van der Waals surface area contributed by atoms with Crippen molar-refractivity contribution in [3.8, 4) is 5.75 Å². The normalized spacial score (nSPS) is 9.64. The fourth-order valence-corrected chi connectivity index (χ4v) is 1.96. The van der Waals surface area contributed by atoms with Gasteiger partial charge in [0.2, 0.25) is 0 Å². The van der Waals surface area contributed by atoms with Crippen LogP contribution in [0.4, 0.5) is 17.2 Å². The summed E-state index contributed by atoms with van der Waals surface area (Å²) in [5, 5.41) is 5.61. The predicted molar refractivity (Wildman–Crippen MR) is 92.0 cm³/mol. The van der Waals surface area contributed by atoms with Gasteiger partial charge in [0, 0.05) is 11.9 Å². The minimum Gasteiger partial charge on any atom is -0.497 e. The monoisotopic (exact) mass is 340 g/mol. The number of nitrogens with one attached hydrogen (secondary N) is 2. The van der Waals surface area contributed by atoms with Crippen molar-refractivity contribution in [2.24, 2.45) is 0 Å². The summed E-state index contributed by atoms with van der Waals surface area (Å²) in [6.45, 7) is 6.43. The SMILES string of the molecule is [C-]#[N+]CC(=O)Nc1cc(C(=O)OC)cnc1Nc1ccc(OC)cc1. The van der Waals surface area contributed by atoms with Crippen LogP contribution in [0.15, 0.2) is 36.5 Å². The van der Waals surface area contributed by atoms with Crippen LogP contribution in [0.25, 0.3) is 4.85 Å². The molecule has 128 valence electrons. The van der Waals surface area contributed by atoms with Gasteiger partial charge in [-0.25, -0.2) is 16.4 Å². The van der Waals surface area contributed by atoms with Crippen LogP contribution in [0.3, 0.4) is 0 Å². The zero-order chi connectivity index (χ0) is 18.2. The van der Waals surface area contributed by atoms with Gasteiger partial charge >= 0.3 is 11.9 Å². The number of anilines is 3. The lowest BCUT2D eigenvalue weighted by Crippen LogP contribution is -2.16. The molecule has 0 saturated carbocycles. The molecule has 2 N–H and O–H groups in total. The van der Waals surface area contributed by atoms with Crippen LogP contribution in [-0.4, -0.2) is 37.6 Å². The van der Waals surface area contributed by atoms with Gasteiger partial charge in [0.05, 0.1) is 25.5 Å². The summed E-state index contributed by atoms with van der Waals surface area (Å²) in [6.07, 6.45) is 1.34. The third-order valence-electron chi connectivity index (χ3n) is 3.16. The second-order valence-electron chi connectivity index (χ2n) is 4.83. The number of carbonyl (C=O) groups excluding carboxylic acids is 2. The minimum atomic E-state index is -0.579. The Morgan fingerprint density at radius 3 is 2.56 bits per heavy atom. The Balaban J connectivity index is 2.32. The first-order valence-corrected chi connectivity index (χ1v) is 7.20. The van der Waals surface area contributed by atoms with Gasteiger partial charge in [-0.05, 0) is 30.3 Å². The van der Waals surface area contributed by atoms with Gasteiger partial charge in [0.25, 0.3) is 6.54 Å². The molecular weight excluding hydrogens is 324 g/mol. The van der Waals surface area contributed by atoms with Crippen LogP contribution < -0.4 is 15.4 Å². The molecule has 1 aromatic carbocycles. The molecule has 8 nitrogen and oxygen atoms in total. The van der Waals surface area contributed by atoms with Crippen LogP contribution in [0.2, 0.25) is 0 Å². The Hall–Kier alpha value is -3.60. The molecule has 0 aliphatic rings. The molecule has 0 aliphatic carbocycles. The van der Waals surface area contributed by atoms with E-state index in [-0.39, 0.29) is 17.8 Å². The average molecular weight is 340 g/mol. The third kappa shape index (κ3) is 4.68. The van der Waals surface area contributed by atoms with E-state index < -0.39 is 11.9 Å². The summed E-state index contributed by atoms with van der Waals surface area (Å²) in [6, 6.07) is 8.52. The molecule has 0 atom stereocenters. The summed E-state index contributed by atoms with van der Waals surface area (Å²) >= 11 is 0. The van der Waals surface area contributed by atoms with E-state index >= 15 is 0 Å². The van der Waals surface area contributed by atoms with Gasteiger partial charge in [-0.2, -0.15) is 0 Å². The molecule has 0 aliphatic heterocycles. The highest BCUT2D eigenvalue weighted by molar-refractivity contribution is 5.98. The molecule has 8 heteroatoms. The van der Waals surface area contributed by atoms with Gasteiger partial charge in [-0.3, -0.25) is 4.79 Å². The first-order valence-electron chi connectivity index (χ1n) is 7.20. The van der Waals surface area contributed by atoms with Crippen molar-refractivity contribution in [1.82, 2.24) is 4.98 Å². The molecule has 2 aromatic rings. The predicted octanol–water partition coefficient (Wildman–Crippen LogP) is 2.48. The maximum absolute atomic E-state index is 11.7. The largest absolute Gasteiger partial charge is 0.497 e. The maximum atomic E-state index is 11.7. The van der Waals surface area contributed by atoms with Crippen molar-refractivity contribution in [3.63, 3.8) is 0 Å². The van der Waals surface area contributed by atoms with E-state index in [4.69, 9.17) is 11.3 Å². The first-order chi connectivity index (χ1) is 12.1. The van der Waals surface area contributed by atoms with Gasteiger partial charge in [0.15, 0.2) is 5.82 Å². The van der Waals surface area contributed by atoms with Gasteiger partial charge < -0.3 is 25.0 Å². The molecule has 1 aromatic heterocycles. The van der Waals surface area contributed by atoms with Crippen LogP contribution in [0.5, 0.6) is 5.75 Å². The van der Waals surface area contributed by atoms with Crippen molar-refractivity contribution in [1.29, 1.82) is 0 Å². The highest BCUT2D eigenvalue weighted by atomic mass is 16.5. The fourth-order valence-electron chi connectivity index (χ4n) is 1.96. The molecule has 0 unspecified atom stereocenters. The summed E-state index contributed by atoms with van der Waals surface area (Å²) in [7, 11) is 2.82. The number of aromatic nitrogens is 1. The number of carbonyl (C=O) groups is 2. The standard InChI is InChI=1S/C17H16N4O4/c1-18-10-15(22)21-14-8-11(17(23)25-3)9-19-16(14)20-12-4-6-13(24-2)7-5-12/h4-9H,10H2,2-3H3,(H,19,20)(H,21,22). The van der Waals surface area contributed by atoms with Crippen molar-refractivity contribution >= 4 is 29.1 Å². The van der Waals surface area contributed by atoms with E-state index in [0.717, 1.165) is 0 Å². The number of hydrogen-bond acceptors (Lipinski definition) is 6. The molecule has 1 amide bonds. The number of amides is 1. The van der Waals surface area contributed by atoms with Crippen molar-refractivity contribution in [2.45, 2.75) is 0 Å². The van der Waals surface area contributed by atoms with Gasteiger partial charge in [-0.15, -0.1) is 0 Å². The Kier molecular flexibility index (Phi) is 5.90. The third-order valence-corrected chi connectivity index (χ3v) is 3.16. The number of pyridine rings is 1. The van der Waals surface area contributed by atoms with Crippen molar-refractivity contribution in [3.05, 3.63) is 53.5 Å². The molecule has 0 radical (unpaired) electrons. The number of methoxy groups -OCH3 is 2. The first kappa shape index (κ1) is 17.7. The zero-order valence-electron chi connectivity index (χ0n) is 13.7. The van der Waals surface area contributed by atoms with Crippen LogP contribution in [0, 0.1) is 6.57 Å². The molecule has 0 saturated heterocycles. The number of rotatable bonds is 6. The summed E-state index contributed by atoms with van der Waals surface area (Å²) in [5.74, 6) is -0.0537. The summed E-state index contributed by atoms with van der Waals surface area (Å²) in [4.78, 5) is 30.6. The quantitative estimate of drug-likeness (QED) is 0.620. The molecule has 1 heterocycles. The zero-order valence-corrected chi connectivity index (χ0v) is 13.7. The van der Waals surface area contributed by atoms with E-state index in [1.54, 1.807) is 31.4 Å². The molecular formula is C17H16N4O4. The summed E-state index contributed by atoms with van der Waals surface area (Å²) in [5.41, 5.74) is 1.16. The van der Waals surface area contributed by atoms with E-state index in [0.29, 0.717) is 17.3 Å². The van der Waals surface area contributed by atoms with Crippen LogP contribution >= 0.6 is 0 Å². The van der Waals surface area contributed by atoms with Crippen LogP contribution in [-0.2, 0) is 9.53 Å². The molecule has 0 fully saturated rings. The Morgan fingerprint density at radius 1 is 1.24 bits per heavy atom. The Labute approximate surface area is 144 Å². The number of ether oxygens (including phenoxy) is 2. The second kappa shape index (κ2) is 8.31. The smallest absolute Gasteiger partial charge is 0.339 e. The van der Waals surface area contributed by atoms with Gasteiger partial charge in [0.1, 0.15) is 5.75 Å². The van der Waals surface area contributed by atoms with Crippen molar-refractivity contribution < 1.29 is 19.1 Å².